The average molecular weight is 393 g/mol. The third-order valence-corrected chi connectivity index (χ3v) is 4.61. The summed E-state index contributed by atoms with van der Waals surface area (Å²) in [6, 6.07) is 7.00. The Balaban J connectivity index is 1.90. The maximum Gasteiger partial charge on any atom is 0.416 e. The molecule has 1 aliphatic rings. The van der Waals surface area contributed by atoms with Crippen molar-refractivity contribution in [3.63, 3.8) is 0 Å². The molecule has 1 aromatic heterocycles. The minimum Gasteiger partial charge on any atom is -0.478 e. The average Bonchev–Trinajstić information content (AvgIpc) is 3.07. The number of carbonyl (C=O) groups excluding carboxylic acids is 1. The number of pyridine rings is 1. The number of anilines is 2. The highest BCUT2D eigenvalue weighted by Crippen LogP contribution is 2.33. The number of carboxylic acid groups (broad SMARTS) is 1. The molecule has 3 rings (SSSR count). The van der Waals surface area contributed by atoms with Crippen molar-refractivity contribution < 1.29 is 27.9 Å². The topological polar surface area (TPSA) is 82.5 Å². The molecule has 1 atom stereocenters. The SMILES string of the molecule is C[C@H]1CCCN1c1cc(C(F)(F)F)cc(C(=O)Nc2ccc(C(=O)O)cc2)n1. The Morgan fingerprint density at radius 3 is 2.43 bits per heavy atom. The lowest BCUT2D eigenvalue weighted by Crippen LogP contribution is -2.28. The first-order chi connectivity index (χ1) is 13.1. The number of carbonyl (C=O) groups is 2. The van der Waals surface area contributed by atoms with Gasteiger partial charge in [0.1, 0.15) is 11.5 Å². The number of alkyl halides is 3. The zero-order valence-electron chi connectivity index (χ0n) is 15.0. The van der Waals surface area contributed by atoms with E-state index in [0.717, 1.165) is 18.9 Å². The number of nitrogens with zero attached hydrogens (tertiary/aromatic N) is 2. The zero-order chi connectivity index (χ0) is 20.5. The highest BCUT2D eigenvalue weighted by Gasteiger charge is 2.34. The summed E-state index contributed by atoms with van der Waals surface area (Å²) in [5.41, 5.74) is -1.01. The van der Waals surface area contributed by atoms with Crippen LogP contribution in [-0.4, -0.2) is 34.6 Å². The lowest BCUT2D eigenvalue weighted by Gasteiger charge is -2.24. The molecule has 1 fully saturated rings. The largest absolute Gasteiger partial charge is 0.478 e. The summed E-state index contributed by atoms with van der Waals surface area (Å²) < 4.78 is 39.9. The van der Waals surface area contributed by atoms with E-state index in [-0.39, 0.29) is 28.8 Å². The first kappa shape index (κ1) is 19.7. The van der Waals surface area contributed by atoms with Gasteiger partial charge in [0, 0.05) is 18.3 Å². The molecule has 9 heteroatoms. The normalized spacial score (nSPS) is 16.9. The van der Waals surface area contributed by atoms with Crippen molar-refractivity contribution in [3.05, 3.63) is 53.2 Å². The molecule has 0 bridgehead atoms. The van der Waals surface area contributed by atoms with Gasteiger partial charge in [-0.1, -0.05) is 0 Å². The van der Waals surface area contributed by atoms with Crippen LogP contribution in [0.3, 0.4) is 0 Å². The summed E-state index contributed by atoms with van der Waals surface area (Å²) in [6.07, 6.45) is -2.93. The van der Waals surface area contributed by atoms with Crippen molar-refractivity contribution in [2.24, 2.45) is 0 Å². The van der Waals surface area contributed by atoms with Gasteiger partial charge in [-0.15, -0.1) is 0 Å². The predicted octanol–water partition coefficient (Wildman–Crippen LogP) is 4.04. The molecule has 148 valence electrons. The van der Waals surface area contributed by atoms with E-state index in [2.05, 4.69) is 10.3 Å². The van der Waals surface area contributed by atoms with Gasteiger partial charge >= 0.3 is 12.1 Å². The summed E-state index contributed by atoms with van der Waals surface area (Å²) in [5.74, 6) is -1.81. The number of aromatic carboxylic acids is 1. The highest BCUT2D eigenvalue weighted by molar-refractivity contribution is 6.03. The van der Waals surface area contributed by atoms with E-state index < -0.39 is 23.6 Å². The van der Waals surface area contributed by atoms with Gasteiger partial charge < -0.3 is 15.3 Å². The summed E-state index contributed by atoms with van der Waals surface area (Å²) in [5, 5.41) is 11.3. The summed E-state index contributed by atoms with van der Waals surface area (Å²) in [6.45, 7) is 2.48. The molecular formula is C19H18F3N3O3. The van der Waals surface area contributed by atoms with Crippen LogP contribution in [0, 0.1) is 0 Å². The van der Waals surface area contributed by atoms with Crippen molar-refractivity contribution in [3.8, 4) is 0 Å². The van der Waals surface area contributed by atoms with Gasteiger partial charge in [0.2, 0.25) is 0 Å². The van der Waals surface area contributed by atoms with Crippen LogP contribution in [0.15, 0.2) is 36.4 Å². The van der Waals surface area contributed by atoms with Crippen molar-refractivity contribution in [1.29, 1.82) is 0 Å². The van der Waals surface area contributed by atoms with Crippen molar-refractivity contribution in [2.45, 2.75) is 32.0 Å². The molecule has 2 N–H and O–H groups in total. The zero-order valence-corrected chi connectivity index (χ0v) is 15.0. The fourth-order valence-electron chi connectivity index (χ4n) is 3.11. The van der Waals surface area contributed by atoms with E-state index in [4.69, 9.17) is 5.11 Å². The smallest absolute Gasteiger partial charge is 0.416 e. The second-order valence-corrected chi connectivity index (χ2v) is 6.62. The van der Waals surface area contributed by atoms with Crippen molar-refractivity contribution in [1.82, 2.24) is 4.98 Å². The molecule has 1 aromatic carbocycles. The Bertz CT molecular complexity index is 898. The van der Waals surface area contributed by atoms with E-state index >= 15 is 0 Å². The van der Waals surface area contributed by atoms with Gasteiger partial charge in [-0.05, 0) is 56.2 Å². The number of rotatable bonds is 4. The van der Waals surface area contributed by atoms with Gasteiger partial charge in [0.05, 0.1) is 11.1 Å². The number of aromatic nitrogens is 1. The Morgan fingerprint density at radius 2 is 1.89 bits per heavy atom. The molecule has 0 unspecified atom stereocenters. The van der Waals surface area contributed by atoms with Crippen LogP contribution in [-0.2, 0) is 6.18 Å². The van der Waals surface area contributed by atoms with E-state index in [1.807, 2.05) is 6.92 Å². The lowest BCUT2D eigenvalue weighted by atomic mass is 10.1. The molecule has 1 saturated heterocycles. The third kappa shape index (κ3) is 4.24. The number of hydrogen-bond donors (Lipinski definition) is 2. The van der Waals surface area contributed by atoms with Gasteiger partial charge in [0.15, 0.2) is 0 Å². The Kier molecular flexibility index (Phi) is 5.26. The van der Waals surface area contributed by atoms with Crippen LogP contribution in [0.4, 0.5) is 24.7 Å². The first-order valence-corrected chi connectivity index (χ1v) is 8.66. The number of halogens is 3. The third-order valence-electron chi connectivity index (χ3n) is 4.61. The van der Waals surface area contributed by atoms with Gasteiger partial charge in [-0.3, -0.25) is 4.79 Å². The number of carboxylic acids is 1. The second-order valence-electron chi connectivity index (χ2n) is 6.62. The molecular weight excluding hydrogens is 375 g/mol. The Hall–Kier alpha value is -3.10. The van der Waals surface area contributed by atoms with E-state index in [9.17, 15) is 22.8 Å². The molecule has 6 nitrogen and oxygen atoms in total. The van der Waals surface area contributed by atoms with Crippen LogP contribution in [0.1, 0.15) is 46.2 Å². The Morgan fingerprint density at radius 1 is 1.21 bits per heavy atom. The van der Waals surface area contributed by atoms with E-state index in [1.54, 1.807) is 4.90 Å². The Labute approximate surface area is 159 Å². The molecule has 0 radical (unpaired) electrons. The number of benzene rings is 1. The summed E-state index contributed by atoms with van der Waals surface area (Å²) in [7, 11) is 0. The highest BCUT2D eigenvalue weighted by atomic mass is 19.4. The number of nitrogens with one attached hydrogen (secondary N) is 1. The fourth-order valence-corrected chi connectivity index (χ4v) is 3.11. The maximum atomic E-state index is 13.3. The molecule has 0 aliphatic carbocycles. The maximum absolute atomic E-state index is 13.3. The van der Waals surface area contributed by atoms with Crippen LogP contribution in [0.25, 0.3) is 0 Å². The minimum atomic E-state index is -4.61. The van der Waals surface area contributed by atoms with E-state index in [1.165, 1.54) is 24.3 Å². The summed E-state index contributed by atoms with van der Waals surface area (Å²) in [4.78, 5) is 29.3. The number of amides is 1. The quantitative estimate of drug-likeness (QED) is 0.819. The van der Waals surface area contributed by atoms with Crippen LogP contribution >= 0.6 is 0 Å². The van der Waals surface area contributed by atoms with Gasteiger partial charge in [-0.2, -0.15) is 13.2 Å². The molecule has 0 spiro atoms. The van der Waals surface area contributed by atoms with Gasteiger partial charge in [0.25, 0.3) is 5.91 Å². The molecule has 1 aliphatic heterocycles. The van der Waals surface area contributed by atoms with Crippen molar-refractivity contribution in [2.75, 3.05) is 16.8 Å². The first-order valence-electron chi connectivity index (χ1n) is 8.66. The number of hydrogen-bond acceptors (Lipinski definition) is 4. The fraction of sp³-hybridized carbons (Fsp3) is 0.316. The van der Waals surface area contributed by atoms with Crippen molar-refractivity contribution >= 4 is 23.4 Å². The molecule has 2 aromatic rings. The second kappa shape index (κ2) is 7.49. The van der Waals surface area contributed by atoms with Crippen LogP contribution in [0.2, 0.25) is 0 Å². The monoisotopic (exact) mass is 393 g/mol. The van der Waals surface area contributed by atoms with Crippen LogP contribution < -0.4 is 10.2 Å². The summed E-state index contributed by atoms with van der Waals surface area (Å²) >= 11 is 0. The minimum absolute atomic E-state index is 0.0282. The molecule has 28 heavy (non-hydrogen) atoms. The van der Waals surface area contributed by atoms with Crippen LogP contribution in [0.5, 0.6) is 0 Å². The molecule has 1 amide bonds. The predicted molar refractivity (Wildman–Crippen MR) is 96.6 cm³/mol. The van der Waals surface area contributed by atoms with Gasteiger partial charge in [-0.25, -0.2) is 9.78 Å². The lowest BCUT2D eigenvalue weighted by molar-refractivity contribution is -0.137. The molecule has 0 saturated carbocycles. The molecule has 2 heterocycles. The van der Waals surface area contributed by atoms with E-state index in [0.29, 0.717) is 12.6 Å². The standard InChI is InChI=1S/C19H18F3N3O3/c1-11-3-2-8-25(11)16-10-13(19(20,21)22)9-15(24-16)17(26)23-14-6-4-12(5-7-14)18(27)28/h4-7,9-11H,2-3,8H2,1H3,(H,23,26)(H,27,28)/t11-/m0/s1.